The minimum absolute atomic E-state index is 0.462. The molecule has 1 aliphatic carbocycles. The van der Waals surface area contributed by atoms with E-state index in [4.69, 9.17) is 10.5 Å². The molecule has 114 valence electrons. The Kier molecular flexibility index (Phi) is 5.29. The maximum atomic E-state index is 6.38. The van der Waals surface area contributed by atoms with Gasteiger partial charge in [-0.25, -0.2) is 0 Å². The number of allylic oxidation sites excluding steroid dienone is 1. The molecule has 2 aliphatic rings. The smallest absolute Gasteiger partial charge is 0.179 e. The average Bonchev–Trinajstić information content (AvgIpc) is 3.14. The molecule has 20 heavy (non-hydrogen) atoms. The molecule has 5 nitrogen and oxygen atoms in total. The number of likely N-dealkylation sites (tertiary alicyclic amines) is 1. The molecule has 5 heteroatoms. The van der Waals surface area contributed by atoms with E-state index in [0.29, 0.717) is 12.0 Å². The molecule has 2 rings (SSSR count). The molecule has 1 atom stereocenters. The van der Waals surface area contributed by atoms with E-state index in [9.17, 15) is 0 Å². The SMILES string of the molecule is CN=C(C(OC)=C(N)C1CCCC1)N1CC[C@H](NC)C1. The monoisotopic (exact) mass is 280 g/mol. The second kappa shape index (κ2) is 6.97. The van der Waals surface area contributed by atoms with Gasteiger partial charge in [0.2, 0.25) is 0 Å². The van der Waals surface area contributed by atoms with Crippen LogP contribution >= 0.6 is 0 Å². The Morgan fingerprint density at radius 3 is 2.50 bits per heavy atom. The lowest BCUT2D eigenvalue weighted by molar-refractivity contribution is 0.292. The largest absolute Gasteiger partial charge is 0.491 e. The van der Waals surface area contributed by atoms with E-state index >= 15 is 0 Å². The van der Waals surface area contributed by atoms with Gasteiger partial charge < -0.3 is 20.7 Å². The van der Waals surface area contributed by atoms with Gasteiger partial charge in [0, 0.05) is 32.1 Å². The molecule has 1 saturated carbocycles. The van der Waals surface area contributed by atoms with Crippen LogP contribution in [-0.2, 0) is 4.74 Å². The lowest BCUT2D eigenvalue weighted by Crippen LogP contribution is -2.36. The molecule has 0 aromatic heterocycles. The number of likely N-dealkylation sites (N-methyl/N-ethyl adjacent to an activating group) is 1. The number of nitrogens with two attached hydrogens (primary N) is 1. The summed E-state index contributed by atoms with van der Waals surface area (Å²) in [4.78, 5) is 6.73. The molecule has 0 spiro atoms. The first kappa shape index (κ1) is 15.2. The highest BCUT2D eigenvalue weighted by Crippen LogP contribution is 2.31. The van der Waals surface area contributed by atoms with Crippen LogP contribution in [0.25, 0.3) is 0 Å². The summed E-state index contributed by atoms with van der Waals surface area (Å²) in [6, 6.07) is 0.526. The molecule has 2 fully saturated rings. The van der Waals surface area contributed by atoms with Crippen molar-refractivity contribution in [1.82, 2.24) is 10.2 Å². The summed E-state index contributed by atoms with van der Waals surface area (Å²) in [5.74, 6) is 2.16. The van der Waals surface area contributed by atoms with Gasteiger partial charge in [0.05, 0.1) is 12.8 Å². The van der Waals surface area contributed by atoms with E-state index in [2.05, 4.69) is 15.2 Å². The van der Waals surface area contributed by atoms with Crippen molar-refractivity contribution in [1.29, 1.82) is 0 Å². The van der Waals surface area contributed by atoms with Gasteiger partial charge in [-0.3, -0.25) is 4.99 Å². The van der Waals surface area contributed by atoms with Crippen molar-refractivity contribution in [3.63, 3.8) is 0 Å². The molecular formula is C15H28N4O. The number of amidine groups is 1. The standard InChI is InChI=1S/C15H28N4O/c1-17-12-8-9-19(10-12)15(18-2)14(20-3)13(16)11-6-4-5-7-11/h11-12,17H,4-10,16H2,1-3H3/t12-/m0/s1. The molecule has 0 radical (unpaired) electrons. The van der Waals surface area contributed by atoms with Gasteiger partial charge in [-0.15, -0.1) is 0 Å². The Morgan fingerprint density at radius 2 is 2.00 bits per heavy atom. The van der Waals surface area contributed by atoms with Crippen molar-refractivity contribution in [2.75, 3.05) is 34.3 Å². The van der Waals surface area contributed by atoms with Gasteiger partial charge in [-0.2, -0.15) is 0 Å². The van der Waals surface area contributed by atoms with Crippen LogP contribution < -0.4 is 11.1 Å². The number of hydrogen-bond acceptors (Lipinski definition) is 4. The Labute approximate surface area is 122 Å². The molecule has 3 N–H and O–H groups in total. The number of hydrogen-bond donors (Lipinski definition) is 2. The van der Waals surface area contributed by atoms with Crippen molar-refractivity contribution in [2.45, 2.75) is 38.1 Å². The van der Waals surface area contributed by atoms with Gasteiger partial charge in [0.1, 0.15) is 0 Å². The zero-order chi connectivity index (χ0) is 14.5. The van der Waals surface area contributed by atoms with Crippen LogP contribution in [-0.4, -0.2) is 51.1 Å². The minimum atomic E-state index is 0.462. The summed E-state index contributed by atoms with van der Waals surface area (Å²) in [6.45, 7) is 1.97. The number of methoxy groups -OCH3 is 1. The lowest BCUT2D eigenvalue weighted by Gasteiger charge is -2.24. The van der Waals surface area contributed by atoms with Gasteiger partial charge in [-0.1, -0.05) is 12.8 Å². The van der Waals surface area contributed by atoms with E-state index in [-0.39, 0.29) is 0 Å². The summed E-state index contributed by atoms with van der Waals surface area (Å²) >= 11 is 0. The van der Waals surface area contributed by atoms with Gasteiger partial charge >= 0.3 is 0 Å². The number of rotatable bonds is 4. The fraction of sp³-hybridized carbons (Fsp3) is 0.800. The van der Waals surface area contributed by atoms with E-state index in [0.717, 1.165) is 36.8 Å². The quantitative estimate of drug-likeness (QED) is 0.463. The normalized spacial score (nSPS) is 26.1. The second-order valence-electron chi connectivity index (χ2n) is 5.74. The highest BCUT2D eigenvalue weighted by atomic mass is 16.5. The van der Waals surface area contributed by atoms with Gasteiger partial charge in [0.15, 0.2) is 11.6 Å². The fourth-order valence-electron chi connectivity index (χ4n) is 3.34. The van der Waals surface area contributed by atoms with Gasteiger partial charge in [0.25, 0.3) is 0 Å². The van der Waals surface area contributed by atoms with E-state index < -0.39 is 0 Å². The zero-order valence-corrected chi connectivity index (χ0v) is 13.0. The van der Waals surface area contributed by atoms with E-state index in [1.54, 1.807) is 7.11 Å². The Morgan fingerprint density at radius 1 is 1.30 bits per heavy atom. The molecule has 1 saturated heterocycles. The summed E-state index contributed by atoms with van der Waals surface area (Å²) in [5.41, 5.74) is 7.26. The van der Waals surface area contributed by atoms with Crippen molar-refractivity contribution >= 4 is 5.84 Å². The van der Waals surface area contributed by atoms with Crippen LogP contribution in [0.5, 0.6) is 0 Å². The predicted molar refractivity (Wildman–Crippen MR) is 82.6 cm³/mol. The molecule has 0 unspecified atom stereocenters. The molecule has 1 aliphatic heterocycles. The van der Waals surface area contributed by atoms with Crippen molar-refractivity contribution in [2.24, 2.45) is 16.6 Å². The molecule has 0 bridgehead atoms. The predicted octanol–water partition coefficient (Wildman–Crippen LogP) is 1.32. The second-order valence-corrected chi connectivity index (χ2v) is 5.74. The van der Waals surface area contributed by atoms with Crippen LogP contribution in [0.2, 0.25) is 0 Å². The highest BCUT2D eigenvalue weighted by molar-refractivity contribution is 5.97. The Hall–Kier alpha value is -1.23. The molecule has 0 aromatic rings. The number of nitrogens with zero attached hydrogens (tertiary/aromatic N) is 2. The third-order valence-electron chi connectivity index (χ3n) is 4.57. The van der Waals surface area contributed by atoms with E-state index in [1.165, 1.54) is 25.7 Å². The Bertz CT molecular complexity index is 385. The third-order valence-corrected chi connectivity index (χ3v) is 4.57. The summed E-state index contributed by atoms with van der Waals surface area (Å²) < 4.78 is 5.62. The minimum Gasteiger partial charge on any atom is -0.491 e. The van der Waals surface area contributed by atoms with Crippen LogP contribution in [0.3, 0.4) is 0 Å². The van der Waals surface area contributed by atoms with Crippen molar-refractivity contribution in [3.8, 4) is 0 Å². The van der Waals surface area contributed by atoms with Gasteiger partial charge in [-0.05, 0) is 26.3 Å². The summed E-state index contributed by atoms with van der Waals surface area (Å²) in [5, 5.41) is 3.33. The van der Waals surface area contributed by atoms with Crippen molar-refractivity contribution < 1.29 is 4.74 Å². The fourth-order valence-corrected chi connectivity index (χ4v) is 3.34. The van der Waals surface area contributed by atoms with E-state index in [1.807, 2.05) is 14.1 Å². The maximum Gasteiger partial charge on any atom is 0.179 e. The van der Waals surface area contributed by atoms with Crippen LogP contribution in [0.15, 0.2) is 16.4 Å². The molecule has 0 amide bonds. The third kappa shape index (κ3) is 3.08. The Balaban J connectivity index is 2.17. The highest BCUT2D eigenvalue weighted by Gasteiger charge is 2.29. The topological polar surface area (TPSA) is 62.9 Å². The average molecular weight is 280 g/mol. The number of ether oxygens (including phenoxy) is 1. The van der Waals surface area contributed by atoms with Crippen LogP contribution in [0, 0.1) is 5.92 Å². The van der Waals surface area contributed by atoms with Crippen LogP contribution in [0.1, 0.15) is 32.1 Å². The lowest BCUT2D eigenvalue weighted by atomic mass is 10.0. The van der Waals surface area contributed by atoms with Crippen LogP contribution in [0.4, 0.5) is 0 Å². The first-order valence-electron chi connectivity index (χ1n) is 7.64. The molecule has 1 heterocycles. The van der Waals surface area contributed by atoms with Crippen molar-refractivity contribution in [3.05, 3.63) is 11.5 Å². The maximum absolute atomic E-state index is 6.38. The molecule has 0 aromatic carbocycles. The number of nitrogens with one attached hydrogen (secondary N) is 1. The first-order chi connectivity index (χ1) is 9.71. The first-order valence-corrected chi connectivity index (χ1v) is 7.64. The zero-order valence-electron chi connectivity index (χ0n) is 13.0. The number of aliphatic imine (C=N–C) groups is 1. The molecular weight excluding hydrogens is 252 g/mol. The summed E-state index contributed by atoms with van der Waals surface area (Å²) in [6.07, 6.45) is 6.03. The summed E-state index contributed by atoms with van der Waals surface area (Å²) in [7, 11) is 5.54.